The summed E-state index contributed by atoms with van der Waals surface area (Å²) in [4.78, 5) is 25.7. The van der Waals surface area contributed by atoms with Crippen molar-refractivity contribution in [2.24, 2.45) is 11.3 Å². The SMILES string of the molecule is O=C(O)c1cn(C2CC2)c2c(F)c(N3CC(CO)C4(CCC4)C3)c(F)cc2c1=O. The van der Waals surface area contributed by atoms with E-state index in [2.05, 4.69) is 0 Å². The van der Waals surface area contributed by atoms with Gasteiger partial charge in [-0.3, -0.25) is 4.79 Å². The number of halogens is 2. The summed E-state index contributed by atoms with van der Waals surface area (Å²) in [5.74, 6) is -3.14. The van der Waals surface area contributed by atoms with E-state index in [-0.39, 0.29) is 40.6 Å². The summed E-state index contributed by atoms with van der Waals surface area (Å²) >= 11 is 0. The first kappa shape index (κ1) is 18.5. The van der Waals surface area contributed by atoms with E-state index in [1.807, 2.05) is 0 Å². The number of aliphatic hydroxyl groups is 1. The highest BCUT2D eigenvalue weighted by Gasteiger charge is 2.51. The fraction of sp³-hybridized carbons (Fsp3) is 0.524. The van der Waals surface area contributed by atoms with E-state index in [0.29, 0.717) is 13.1 Å². The van der Waals surface area contributed by atoms with Gasteiger partial charge in [0.2, 0.25) is 5.43 Å². The number of fused-ring (bicyclic) bond motifs is 1. The van der Waals surface area contributed by atoms with Gasteiger partial charge in [-0.15, -0.1) is 0 Å². The van der Waals surface area contributed by atoms with Gasteiger partial charge in [-0.1, -0.05) is 6.42 Å². The van der Waals surface area contributed by atoms with E-state index in [1.54, 1.807) is 4.90 Å². The third kappa shape index (κ3) is 2.61. The van der Waals surface area contributed by atoms with E-state index in [9.17, 15) is 19.8 Å². The molecule has 8 heteroatoms. The Hall–Kier alpha value is -2.48. The molecule has 1 aromatic carbocycles. The number of benzene rings is 1. The summed E-state index contributed by atoms with van der Waals surface area (Å²) in [6, 6.07) is 0.881. The van der Waals surface area contributed by atoms with Crippen LogP contribution >= 0.6 is 0 Å². The molecule has 5 rings (SSSR count). The number of aliphatic hydroxyl groups excluding tert-OH is 1. The van der Waals surface area contributed by atoms with Crippen molar-refractivity contribution < 1.29 is 23.8 Å². The van der Waals surface area contributed by atoms with Crippen molar-refractivity contribution in [1.29, 1.82) is 0 Å². The monoisotopic (exact) mass is 404 g/mol. The largest absolute Gasteiger partial charge is 0.477 e. The molecule has 1 atom stereocenters. The topological polar surface area (TPSA) is 82.8 Å². The summed E-state index contributed by atoms with van der Waals surface area (Å²) in [7, 11) is 0. The lowest BCUT2D eigenvalue weighted by molar-refractivity contribution is 0.0571. The zero-order valence-corrected chi connectivity index (χ0v) is 15.8. The van der Waals surface area contributed by atoms with Crippen LogP contribution in [0.4, 0.5) is 14.5 Å². The van der Waals surface area contributed by atoms with Crippen LogP contribution in [0.3, 0.4) is 0 Å². The summed E-state index contributed by atoms with van der Waals surface area (Å²) in [6.45, 7) is 0.803. The molecule has 0 radical (unpaired) electrons. The van der Waals surface area contributed by atoms with Crippen molar-refractivity contribution in [2.75, 3.05) is 24.6 Å². The van der Waals surface area contributed by atoms with E-state index < -0.39 is 28.6 Å². The molecule has 2 saturated carbocycles. The fourth-order valence-electron chi connectivity index (χ4n) is 5.17. The van der Waals surface area contributed by atoms with E-state index >= 15 is 8.78 Å². The lowest BCUT2D eigenvalue weighted by Crippen LogP contribution is -2.39. The minimum Gasteiger partial charge on any atom is -0.477 e. The molecule has 2 aromatic rings. The van der Waals surface area contributed by atoms with Crippen molar-refractivity contribution in [2.45, 2.75) is 38.1 Å². The molecule has 1 saturated heterocycles. The van der Waals surface area contributed by atoms with Crippen molar-refractivity contribution >= 4 is 22.6 Å². The predicted octanol–water partition coefficient (Wildman–Crippen LogP) is 2.91. The van der Waals surface area contributed by atoms with Gasteiger partial charge in [0.25, 0.3) is 0 Å². The maximum Gasteiger partial charge on any atom is 0.341 e. The van der Waals surface area contributed by atoms with Crippen LogP contribution in [0.5, 0.6) is 0 Å². The summed E-state index contributed by atoms with van der Waals surface area (Å²) in [5.41, 5.74) is -1.68. The first-order valence-corrected chi connectivity index (χ1v) is 10.0. The number of carbonyl (C=O) groups is 1. The molecule has 3 aliphatic rings. The number of carboxylic acid groups (broad SMARTS) is 1. The van der Waals surface area contributed by atoms with Crippen molar-refractivity contribution in [3.63, 3.8) is 0 Å². The second-order valence-electron chi connectivity index (χ2n) is 8.71. The number of carboxylic acids is 1. The second kappa shape index (κ2) is 6.26. The number of rotatable bonds is 4. The van der Waals surface area contributed by atoms with E-state index in [1.165, 1.54) is 10.8 Å². The number of anilines is 1. The molecule has 6 nitrogen and oxygen atoms in total. The highest BCUT2D eigenvalue weighted by molar-refractivity contribution is 5.94. The highest BCUT2D eigenvalue weighted by Crippen LogP contribution is 2.53. The van der Waals surface area contributed by atoms with Gasteiger partial charge in [-0.2, -0.15) is 0 Å². The molecule has 1 spiro atoms. The average Bonchev–Trinajstić information content (AvgIpc) is 3.41. The molecule has 0 amide bonds. The van der Waals surface area contributed by atoms with Crippen LogP contribution in [0.15, 0.2) is 17.1 Å². The average molecular weight is 404 g/mol. The number of aromatic nitrogens is 1. The lowest BCUT2D eigenvalue weighted by atomic mass is 9.63. The highest BCUT2D eigenvalue weighted by atomic mass is 19.1. The molecule has 1 unspecified atom stereocenters. The summed E-state index contributed by atoms with van der Waals surface area (Å²) < 4.78 is 32.2. The van der Waals surface area contributed by atoms with Crippen LogP contribution in [0.1, 0.15) is 48.5 Å². The molecular formula is C21H22F2N2O4. The molecule has 0 bridgehead atoms. The van der Waals surface area contributed by atoms with Crippen LogP contribution in [0.25, 0.3) is 10.9 Å². The third-order valence-electron chi connectivity index (χ3n) is 7.05. The van der Waals surface area contributed by atoms with Gasteiger partial charge in [-0.05, 0) is 37.2 Å². The maximum absolute atomic E-state index is 15.7. The van der Waals surface area contributed by atoms with Gasteiger partial charge in [0.1, 0.15) is 17.1 Å². The van der Waals surface area contributed by atoms with Crippen LogP contribution < -0.4 is 10.3 Å². The zero-order chi connectivity index (χ0) is 20.5. The third-order valence-corrected chi connectivity index (χ3v) is 7.05. The predicted molar refractivity (Wildman–Crippen MR) is 102 cm³/mol. The van der Waals surface area contributed by atoms with Crippen LogP contribution in [0, 0.1) is 23.0 Å². The van der Waals surface area contributed by atoms with Crippen LogP contribution in [-0.2, 0) is 0 Å². The Kier molecular flexibility index (Phi) is 4.00. The number of nitrogens with zero attached hydrogens (tertiary/aromatic N) is 2. The lowest BCUT2D eigenvalue weighted by Gasteiger charge is -2.42. The van der Waals surface area contributed by atoms with Gasteiger partial charge in [0, 0.05) is 37.9 Å². The van der Waals surface area contributed by atoms with Gasteiger partial charge in [0.15, 0.2) is 5.82 Å². The Labute approximate surface area is 165 Å². The molecule has 1 aliphatic heterocycles. The van der Waals surface area contributed by atoms with Crippen molar-refractivity contribution in [1.82, 2.24) is 4.57 Å². The van der Waals surface area contributed by atoms with Crippen LogP contribution in [0.2, 0.25) is 0 Å². The molecule has 2 aliphatic carbocycles. The zero-order valence-electron chi connectivity index (χ0n) is 15.8. The first-order chi connectivity index (χ1) is 13.9. The molecule has 29 heavy (non-hydrogen) atoms. The molecule has 2 heterocycles. The minimum atomic E-state index is -1.41. The van der Waals surface area contributed by atoms with Gasteiger partial charge >= 0.3 is 5.97 Å². The van der Waals surface area contributed by atoms with Crippen molar-refractivity contribution in [3.05, 3.63) is 39.7 Å². The smallest absolute Gasteiger partial charge is 0.341 e. The Bertz CT molecular complexity index is 1090. The van der Waals surface area contributed by atoms with Gasteiger partial charge in [-0.25, -0.2) is 13.6 Å². The normalized spacial score (nSPS) is 23.0. The van der Waals surface area contributed by atoms with E-state index in [4.69, 9.17) is 0 Å². The van der Waals surface area contributed by atoms with Crippen LogP contribution in [-0.4, -0.2) is 40.4 Å². The molecular weight excluding hydrogens is 382 g/mol. The number of hydrogen-bond donors (Lipinski definition) is 2. The molecule has 154 valence electrons. The van der Waals surface area contributed by atoms with Gasteiger partial charge in [0.05, 0.1) is 10.9 Å². The van der Waals surface area contributed by atoms with E-state index in [0.717, 1.165) is 38.2 Å². The second-order valence-corrected chi connectivity index (χ2v) is 8.71. The number of aromatic carboxylic acids is 1. The Morgan fingerprint density at radius 3 is 2.52 bits per heavy atom. The quantitative estimate of drug-likeness (QED) is 0.819. The summed E-state index contributed by atoms with van der Waals surface area (Å²) in [6.07, 6.45) is 5.60. The Morgan fingerprint density at radius 2 is 2.00 bits per heavy atom. The number of hydrogen-bond acceptors (Lipinski definition) is 4. The Morgan fingerprint density at radius 1 is 1.28 bits per heavy atom. The maximum atomic E-state index is 15.7. The van der Waals surface area contributed by atoms with Gasteiger partial charge < -0.3 is 19.7 Å². The fourth-order valence-corrected chi connectivity index (χ4v) is 5.17. The first-order valence-electron chi connectivity index (χ1n) is 10.0. The summed E-state index contributed by atoms with van der Waals surface area (Å²) in [5, 5.41) is 18.9. The molecule has 3 fully saturated rings. The molecule has 1 aromatic heterocycles. The number of pyridine rings is 1. The Balaban J connectivity index is 1.70. The van der Waals surface area contributed by atoms with Crippen molar-refractivity contribution in [3.8, 4) is 0 Å². The minimum absolute atomic E-state index is 0.0257. The molecule has 2 N–H and O–H groups in total. The standard InChI is InChI=1S/C21H22F2N2O4/c22-15-6-13-17(25(12-2-3-12)8-14(19(13)27)20(28)29)16(23)18(15)24-7-11(9-26)21(10-24)4-1-5-21/h6,8,11-12,26H,1-5,7,9-10H2,(H,28,29).